The van der Waals surface area contributed by atoms with Crippen LogP contribution in [0.1, 0.15) is 45.4 Å². The Labute approximate surface area is 103 Å². The van der Waals surface area contributed by atoms with Crippen molar-refractivity contribution < 1.29 is 0 Å². The molecule has 1 unspecified atom stereocenters. The first-order valence-corrected chi connectivity index (χ1v) is 6.29. The monoisotopic (exact) mass is 234 g/mol. The number of rotatable bonds is 7. The van der Waals surface area contributed by atoms with Crippen LogP contribution in [0.5, 0.6) is 0 Å². The molecule has 17 heavy (non-hydrogen) atoms. The molecule has 0 radical (unpaired) electrons. The topological polar surface area (TPSA) is 67.6 Å². The van der Waals surface area contributed by atoms with Crippen molar-refractivity contribution in [2.24, 2.45) is 5.73 Å². The Hall–Kier alpha value is -1.34. The molecular formula is C13H22N4. The van der Waals surface area contributed by atoms with E-state index >= 15 is 0 Å². The average molecular weight is 234 g/mol. The zero-order valence-electron chi connectivity index (χ0n) is 10.8. The van der Waals surface area contributed by atoms with Crippen molar-refractivity contribution in [3.05, 3.63) is 18.2 Å². The highest BCUT2D eigenvalue weighted by Crippen LogP contribution is 2.11. The van der Waals surface area contributed by atoms with E-state index < -0.39 is 5.54 Å². The van der Waals surface area contributed by atoms with Gasteiger partial charge in [0.15, 0.2) is 0 Å². The van der Waals surface area contributed by atoms with Crippen molar-refractivity contribution >= 4 is 0 Å². The Morgan fingerprint density at radius 1 is 1.53 bits per heavy atom. The molecule has 0 saturated carbocycles. The van der Waals surface area contributed by atoms with Gasteiger partial charge in [0, 0.05) is 25.4 Å². The minimum atomic E-state index is -0.679. The lowest BCUT2D eigenvalue weighted by atomic mass is 9.98. The molecule has 0 aliphatic carbocycles. The van der Waals surface area contributed by atoms with E-state index in [4.69, 9.17) is 11.0 Å². The van der Waals surface area contributed by atoms with Crippen LogP contribution < -0.4 is 5.73 Å². The number of hydrogen-bond donors (Lipinski definition) is 1. The highest BCUT2D eigenvalue weighted by Gasteiger charge is 2.15. The molecule has 1 heterocycles. The van der Waals surface area contributed by atoms with Crippen molar-refractivity contribution in [3.8, 4) is 6.07 Å². The largest absolute Gasteiger partial charge is 0.335 e. The summed E-state index contributed by atoms with van der Waals surface area (Å²) < 4.78 is 2.20. The Balaban J connectivity index is 2.31. The summed E-state index contributed by atoms with van der Waals surface area (Å²) in [5, 5.41) is 8.80. The van der Waals surface area contributed by atoms with Gasteiger partial charge in [-0.2, -0.15) is 5.26 Å². The van der Waals surface area contributed by atoms with E-state index in [1.54, 1.807) is 6.92 Å². The number of aryl methyl sites for hydroxylation is 2. The van der Waals surface area contributed by atoms with Crippen LogP contribution in [0.4, 0.5) is 0 Å². The van der Waals surface area contributed by atoms with Gasteiger partial charge in [-0.25, -0.2) is 4.98 Å². The first-order chi connectivity index (χ1) is 8.09. The molecule has 0 saturated heterocycles. The molecule has 2 N–H and O–H groups in total. The normalized spacial score (nSPS) is 14.2. The molecule has 1 rings (SSSR count). The summed E-state index contributed by atoms with van der Waals surface area (Å²) in [6, 6.07) is 2.13. The lowest BCUT2D eigenvalue weighted by molar-refractivity contribution is 0.483. The third-order valence-corrected chi connectivity index (χ3v) is 2.88. The summed E-state index contributed by atoms with van der Waals surface area (Å²) in [5.74, 6) is 1.16. The van der Waals surface area contributed by atoms with Crippen LogP contribution in [0.15, 0.2) is 12.4 Å². The minimum absolute atomic E-state index is 0.679. The molecule has 0 bridgehead atoms. The van der Waals surface area contributed by atoms with Crippen molar-refractivity contribution in [2.75, 3.05) is 0 Å². The number of aromatic nitrogens is 2. The SMILES string of the molecule is CCCc1nccn1CCCCC(C)(N)C#N. The van der Waals surface area contributed by atoms with Crippen LogP contribution in [-0.4, -0.2) is 15.1 Å². The molecule has 94 valence electrons. The predicted octanol–water partition coefficient (Wildman–Crippen LogP) is 2.25. The quantitative estimate of drug-likeness (QED) is 0.736. The number of hydrogen-bond acceptors (Lipinski definition) is 3. The van der Waals surface area contributed by atoms with Crippen LogP contribution in [0.3, 0.4) is 0 Å². The summed E-state index contributed by atoms with van der Waals surface area (Å²) in [7, 11) is 0. The molecule has 0 aliphatic heterocycles. The molecule has 4 heteroatoms. The van der Waals surface area contributed by atoms with Crippen molar-refractivity contribution in [2.45, 2.75) is 58.0 Å². The number of unbranched alkanes of at least 4 members (excludes halogenated alkanes) is 1. The maximum absolute atomic E-state index is 8.80. The summed E-state index contributed by atoms with van der Waals surface area (Å²) in [6.07, 6.45) is 8.80. The fourth-order valence-corrected chi connectivity index (χ4v) is 1.83. The Morgan fingerprint density at radius 2 is 2.29 bits per heavy atom. The number of nitriles is 1. The van der Waals surface area contributed by atoms with Gasteiger partial charge in [-0.15, -0.1) is 0 Å². The lowest BCUT2D eigenvalue weighted by Gasteiger charge is -2.14. The van der Waals surface area contributed by atoms with Gasteiger partial charge in [-0.05, 0) is 32.6 Å². The zero-order valence-corrected chi connectivity index (χ0v) is 10.8. The van der Waals surface area contributed by atoms with Gasteiger partial charge in [0.1, 0.15) is 11.4 Å². The fraction of sp³-hybridized carbons (Fsp3) is 0.692. The summed E-state index contributed by atoms with van der Waals surface area (Å²) in [5.41, 5.74) is 5.09. The van der Waals surface area contributed by atoms with Crippen molar-refractivity contribution in [1.29, 1.82) is 5.26 Å². The van der Waals surface area contributed by atoms with Crippen LogP contribution in [-0.2, 0) is 13.0 Å². The first kappa shape index (κ1) is 13.7. The molecule has 4 nitrogen and oxygen atoms in total. The predicted molar refractivity (Wildman–Crippen MR) is 68.3 cm³/mol. The molecule has 1 atom stereocenters. The standard InChI is InChI=1S/C13H22N4/c1-3-6-12-16-8-10-17(12)9-5-4-7-13(2,15)11-14/h8,10H,3-7,9,15H2,1-2H3. The van der Waals surface area contributed by atoms with Gasteiger partial charge >= 0.3 is 0 Å². The lowest BCUT2D eigenvalue weighted by Crippen LogP contribution is -2.33. The Bertz CT molecular complexity index is 373. The van der Waals surface area contributed by atoms with Gasteiger partial charge < -0.3 is 10.3 Å². The van der Waals surface area contributed by atoms with Crippen LogP contribution in [0.2, 0.25) is 0 Å². The van der Waals surface area contributed by atoms with E-state index in [0.29, 0.717) is 0 Å². The molecule has 1 aromatic rings. The van der Waals surface area contributed by atoms with E-state index in [0.717, 1.165) is 44.5 Å². The van der Waals surface area contributed by atoms with Crippen LogP contribution in [0.25, 0.3) is 0 Å². The van der Waals surface area contributed by atoms with Crippen LogP contribution in [0, 0.1) is 11.3 Å². The second-order valence-electron chi connectivity index (χ2n) is 4.77. The maximum Gasteiger partial charge on any atom is 0.108 e. The van der Waals surface area contributed by atoms with E-state index in [2.05, 4.69) is 22.5 Å². The smallest absolute Gasteiger partial charge is 0.108 e. The molecule has 0 spiro atoms. The van der Waals surface area contributed by atoms with Crippen molar-refractivity contribution in [3.63, 3.8) is 0 Å². The van der Waals surface area contributed by atoms with Gasteiger partial charge in [0.2, 0.25) is 0 Å². The number of nitrogens with zero attached hydrogens (tertiary/aromatic N) is 3. The van der Waals surface area contributed by atoms with E-state index in [1.165, 1.54) is 0 Å². The Kier molecular flexibility index (Phi) is 5.17. The van der Waals surface area contributed by atoms with Crippen LogP contribution >= 0.6 is 0 Å². The summed E-state index contributed by atoms with van der Waals surface area (Å²) >= 11 is 0. The van der Waals surface area contributed by atoms with E-state index in [1.807, 2.05) is 12.4 Å². The third-order valence-electron chi connectivity index (χ3n) is 2.88. The second kappa shape index (κ2) is 6.41. The second-order valence-corrected chi connectivity index (χ2v) is 4.77. The maximum atomic E-state index is 8.80. The molecule has 0 aromatic carbocycles. The van der Waals surface area contributed by atoms with E-state index in [9.17, 15) is 0 Å². The Morgan fingerprint density at radius 3 is 2.94 bits per heavy atom. The van der Waals surface area contributed by atoms with Gasteiger partial charge in [-0.1, -0.05) is 6.92 Å². The van der Waals surface area contributed by atoms with E-state index in [-0.39, 0.29) is 0 Å². The van der Waals surface area contributed by atoms with Gasteiger partial charge in [-0.3, -0.25) is 0 Å². The molecule has 1 aromatic heterocycles. The average Bonchev–Trinajstić information content (AvgIpc) is 2.73. The summed E-state index contributed by atoms with van der Waals surface area (Å²) in [6.45, 7) is 4.91. The highest BCUT2D eigenvalue weighted by atomic mass is 15.1. The number of nitrogens with two attached hydrogens (primary N) is 1. The third kappa shape index (κ3) is 4.58. The highest BCUT2D eigenvalue weighted by molar-refractivity contribution is 5.00. The molecular weight excluding hydrogens is 212 g/mol. The summed E-state index contributed by atoms with van der Waals surface area (Å²) in [4.78, 5) is 4.34. The van der Waals surface area contributed by atoms with Crippen molar-refractivity contribution in [1.82, 2.24) is 9.55 Å². The first-order valence-electron chi connectivity index (χ1n) is 6.29. The fourth-order valence-electron chi connectivity index (χ4n) is 1.83. The van der Waals surface area contributed by atoms with Gasteiger partial charge in [0.05, 0.1) is 6.07 Å². The zero-order chi connectivity index (χ0) is 12.7. The van der Waals surface area contributed by atoms with Gasteiger partial charge in [0.25, 0.3) is 0 Å². The minimum Gasteiger partial charge on any atom is -0.335 e. The number of imidazole rings is 1. The molecule has 0 fully saturated rings. The molecule has 0 amide bonds. The molecule has 0 aliphatic rings.